The van der Waals surface area contributed by atoms with Crippen molar-refractivity contribution in [2.75, 3.05) is 7.11 Å². The summed E-state index contributed by atoms with van der Waals surface area (Å²) in [7, 11) is 1.31. The second kappa shape index (κ2) is 7.38. The molecule has 0 aromatic heterocycles. The first-order valence-corrected chi connectivity index (χ1v) is 6.68. The fraction of sp³-hybridized carbons (Fsp3) is 0.176. The van der Waals surface area contributed by atoms with E-state index in [9.17, 15) is 9.59 Å². The quantitative estimate of drug-likeness (QED) is 0.858. The van der Waals surface area contributed by atoms with E-state index in [2.05, 4.69) is 4.74 Å². The van der Waals surface area contributed by atoms with Crippen molar-refractivity contribution in [3.05, 3.63) is 70.8 Å². The normalized spacial score (nSPS) is 10.1. The molecule has 0 radical (unpaired) electrons. The Bertz CT molecular complexity index is 661. The zero-order valence-corrected chi connectivity index (χ0v) is 12.1. The van der Waals surface area contributed by atoms with Crippen LogP contribution in [-0.2, 0) is 22.7 Å². The first-order valence-electron chi connectivity index (χ1n) is 6.68. The van der Waals surface area contributed by atoms with Crippen LogP contribution in [0.4, 0.5) is 0 Å². The highest BCUT2D eigenvalue weighted by atomic mass is 16.5. The first kappa shape index (κ1) is 15.7. The van der Waals surface area contributed by atoms with Gasteiger partial charge in [0.25, 0.3) is 0 Å². The van der Waals surface area contributed by atoms with Gasteiger partial charge in [-0.15, -0.1) is 0 Å². The van der Waals surface area contributed by atoms with Gasteiger partial charge in [0.05, 0.1) is 24.8 Å². The van der Waals surface area contributed by atoms with Crippen molar-refractivity contribution in [1.29, 1.82) is 0 Å². The van der Waals surface area contributed by atoms with Gasteiger partial charge in [-0.2, -0.15) is 0 Å². The number of rotatable bonds is 5. The number of hydrogen-bond acceptors (Lipinski definition) is 5. The number of carbonyl (C=O) groups is 2. The minimum Gasteiger partial charge on any atom is -0.465 e. The van der Waals surface area contributed by atoms with Crippen molar-refractivity contribution < 1.29 is 24.2 Å². The summed E-state index contributed by atoms with van der Waals surface area (Å²) < 4.78 is 9.84. The van der Waals surface area contributed by atoms with E-state index in [-0.39, 0.29) is 13.2 Å². The molecular weight excluding hydrogens is 284 g/mol. The van der Waals surface area contributed by atoms with Crippen LogP contribution in [0.1, 0.15) is 31.8 Å². The molecule has 22 heavy (non-hydrogen) atoms. The summed E-state index contributed by atoms with van der Waals surface area (Å²) >= 11 is 0. The second-order valence-electron chi connectivity index (χ2n) is 4.62. The molecule has 0 atom stereocenters. The Kier molecular flexibility index (Phi) is 5.27. The van der Waals surface area contributed by atoms with Crippen LogP contribution < -0.4 is 0 Å². The smallest absolute Gasteiger partial charge is 0.338 e. The minimum atomic E-state index is -0.465. The molecule has 0 aliphatic heterocycles. The molecule has 1 N–H and O–H groups in total. The van der Waals surface area contributed by atoms with E-state index in [0.717, 1.165) is 5.56 Å². The highest BCUT2D eigenvalue weighted by molar-refractivity contribution is 5.90. The Morgan fingerprint density at radius 3 is 2.32 bits per heavy atom. The molecule has 0 bridgehead atoms. The van der Waals surface area contributed by atoms with E-state index in [1.165, 1.54) is 7.11 Å². The molecule has 0 heterocycles. The standard InChI is InChI=1S/C17H16O5/c1-21-16(19)15-4-2-3-13(9-15)11-22-17(20)14-7-5-12(10-18)6-8-14/h2-9,18H,10-11H2,1H3. The topological polar surface area (TPSA) is 72.8 Å². The lowest BCUT2D eigenvalue weighted by Gasteiger charge is -2.07. The predicted molar refractivity (Wildman–Crippen MR) is 79.3 cm³/mol. The Labute approximate surface area is 128 Å². The van der Waals surface area contributed by atoms with Gasteiger partial charge in [-0.25, -0.2) is 9.59 Å². The molecule has 0 unspecified atom stereocenters. The van der Waals surface area contributed by atoms with Gasteiger partial charge in [0.15, 0.2) is 0 Å². The lowest BCUT2D eigenvalue weighted by atomic mass is 10.1. The van der Waals surface area contributed by atoms with E-state index >= 15 is 0 Å². The molecule has 0 spiro atoms. The summed E-state index contributed by atoms with van der Waals surface area (Å²) in [6.45, 7) is -0.0128. The largest absolute Gasteiger partial charge is 0.465 e. The molecule has 0 fully saturated rings. The average Bonchev–Trinajstić information content (AvgIpc) is 2.59. The Hall–Kier alpha value is -2.66. The maximum absolute atomic E-state index is 11.9. The molecule has 2 aromatic carbocycles. The van der Waals surface area contributed by atoms with Crippen LogP contribution in [0, 0.1) is 0 Å². The van der Waals surface area contributed by atoms with Crippen molar-refractivity contribution in [3.63, 3.8) is 0 Å². The van der Waals surface area contributed by atoms with Crippen molar-refractivity contribution in [2.24, 2.45) is 0 Å². The van der Waals surface area contributed by atoms with Gasteiger partial charge >= 0.3 is 11.9 Å². The van der Waals surface area contributed by atoms with Gasteiger partial charge in [-0.05, 0) is 35.4 Å². The molecule has 5 nitrogen and oxygen atoms in total. The van der Waals surface area contributed by atoms with E-state index < -0.39 is 11.9 Å². The Balaban J connectivity index is 1.99. The first-order chi connectivity index (χ1) is 10.6. The van der Waals surface area contributed by atoms with E-state index in [0.29, 0.717) is 16.7 Å². The minimum absolute atomic E-state index is 0.0609. The van der Waals surface area contributed by atoms with Gasteiger partial charge in [0.2, 0.25) is 0 Å². The zero-order valence-electron chi connectivity index (χ0n) is 12.1. The maximum Gasteiger partial charge on any atom is 0.338 e. The number of carbonyl (C=O) groups excluding carboxylic acids is 2. The molecule has 0 saturated carbocycles. The molecule has 0 saturated heterocycles. The van der Waals surface area contributed by atoms with Crippen LogP contribution >= 0.6 is 0 Å². The lowest BCUT2D eigenvalue weighted by Crippen LogP contribution is -2.06. The second-order valence-corrected chi connectivity index (χ2v) is 4.62. The van der Waals surface area contributed by atoms with Crippen LogP contribution in [0.3, 0.4) is 0 Å². The average molecular weight is 300 g/mol. The molecular formula is C17H16O5. The third kappa shape index (κ3) is 3.93. The zero-order chi connectivity index (χ0) is 15.9. The molecule has 0 aliphatic rings. The highest BCUT2D eigenvalue weighted by Crippen LogP contribution is 2.11. The van der Waals surface area contributed by atoms with Crippen LogP contribution in [0.2, 0.25) is 0 Å². The summed E-state index contributed by atoms with van der Waals surface area (Å²) in [5.41, 5.74) is 2.23. The Morgan fingerprint density at radius 1 is 0.955 bits per heavy atom. The fourth-order valence-corrected chi connectivity index (χ4v) is 1.88. The predicted octanol–water partition coefficient (Wildman–Crippen LogP) is 2.32. The molecule has 0 amide bonds. The van der Waals surface area contributed by atoms with Crippen LogP contribution in [0.25, 0.3) is 0 Å². The van der Waals surface area contributed by atoms with Gasteiger partial charge in [-0.3, -0.25) is 0 Å². The number of ether oxygens (including phenoxy) is 2. The van der Waals surface area contributed by atoms with Crippen molar-refractivity contribution in [3.8, 4) is 0 Å². The maximum atomic E-state index is 11.9. The third-order valence-corrected chi connectivity index (χ3v) is 3.09. The monoisotopic (exact) mass is 300 g/mol. The van der Waals surface area contributed by atoms with Crippen LogP contribution in [0.15, 0.2) is 48.5 Å². The molecule has 2 aromatic rings. The molecule has 114 valence electrons. The Morgan fingerprint density at radius 2 is 1.68 bits per heavy atom. The van der Waals surface area contributed by atoms with E-state index in [1.54, 1.807) is 48.5 Å². The number of hydrogen-bond donors (Lipinski definition) is 1. The van der Waals surface area contributed by atoms with Gasteiger partial charge in [-0.1, -0.05) is 24.3 Å². The molecule has 5 heteroatoms. The summed E-state index contributed by atoms with van der Waals surface area (Å²) in [5, 5.41) is 8.96. The number of aliphatic hydroxyl groups excluding tert-OH is 1. The SMILES string of the molecule is COC(=O)c1cccc(COC(=O)c2ccc(CO)cc2)c1. The van der Waals surface area contributed by atoms with Gasteiger partial charge in [0, 0.05) is 0 Å². The number of benzene rings is 2. The summed E-state index contributed by atoms with van der Waals surface area (Å²) in [6, 6.07) is 13.2. The van der Waals surface area contributed by atoms with Crippen LogP contribution in [0.5, 0.6) is 0 Å². The molecule has 2 rings (SSSR count). The fourth-order valence-electron chi connectivity index (χ4n) is 1.88. The van der Waals surface area contributed by atoms with Gasteiger partial charge in [0.1, 0.15) is 6.61 Å². The van der Waals surface area contributed by atoms with Crippen molar-refractivity contribution in [1.82, 2.24) is 0 Å². The third-order valence-electron chi connectivity index (χ3n) is 3.09. The van der Waals surface area contributed by atoms with Gasteiger partial charge < -0.3 is 14.6 Å². The van der Waals surface area contributed by atoms with E-state index in [4.69, 9.17) is 9.84 Å². The van der Waals surface area contributed by atoms with Crippen molar-refractivity contribution in [2.45, 2.75) is 13.2 Å². The summed E-state index contributed by atoms with van der Waals surface area (Å²) in [4.78, 5) is 23.4. The number of methoxy groups -OCH3 is 1. The number of esters is 2. The lowest BCUT2D eigenvalue weighted by molar-refractivity contribution is 0.0472. The molecule has 0 aliphatic carbocycles. The van der Waals surface area contributed by atoms with Crippen molar-refractivity contribution >= 4 is 11.9 Å². The van der Waals surface area contributed by atoms with E-state index in [1.807, 2.05) is 0 Å². The summed E-state index contributed by atoms with van der Waals surface area (Å²) in [5.74, 6) is -0.902. The number of aliphatic hydroxyl groups is 1. The summed E-state index contributed by atoms with van der Waals surface area (Å²) in [6.07, 6.45) is 0. The van der Waals surface area contributed by atoms with Crippen LogP contribution in [-0.4, -0.2) is 24.2 Å². The highest BCUT2D eigenvalue weighted by Gasteiger charge is 2.09.